The van der Waals surface area contributed by atoms with E-state index in [4.69, 9.17) is 9.47 Å². The summed E-state index contributed by atoms with van der Waals surface area (Å²) >= 11 is 0. The summed E-state index contributed by atoms with van der Waals surface area (Å²) in [5, 5.41) is 3.65. The highest BCUT2D eigenvalue weighted by atomic mass is 16.5. The van der Waals surface area contributed by atoms with Crippen LogP contribution in [0, 0.1) is 5.92 Å². The van der Waals surface area contributed by atoms with Gasteiger partial charge < -0.3 is 14.8 Å². The van der Waals surface area contributed by atoms with Gasteiger partial charge in [0.2, 0.25) is 0 Å². The molecular weight excluding hydrogens is 262 g/mol. The van der Waals surface area contributed by atoms with Crippen molar-refractivity contribution < 1.29 is 9.47 Å². The number of hydrogen-bond donors (Lipinski definition) is 1. The summed E-state index contributed by atoms with van der Waals surface area (Å²) in [4.78, 5) is 0. The minimum absolute atomic E-state index is 0.206. The van der Waals surface area contributed by atoms with Crippen LogP contribution < -0.4 is 10.1 Å². The molecule has 0 aliphatic carbocycles. The molecule has 1 N–H and O–H groups in total. The van der Waals surface area contributed by atoms with E-state index in [0.717, 1.165) is 44.9 Å². The summed E-state index contributed by atoms with van der Waals surface area (Å²) in [5.41, 5.74) is 1.61. The highest BCUT2D eigenvalue weighted by molar-refractivity contribution is 5.33. The molecule has 0 radical (unpaired) electrons. The van der Waals surface area contributed by atoms with E-state index in [1.165, 1.54) is 5.56 Å². The summed E-state index contributed by atoms with van der Waals surface area (Å²) in [6, 6.07) is 8.65. The van der Waals surface area contributed by atoms with E-state index >= 15 is 0 Å². The molecule has 0 unspecified atom stereocenters. The predicted octanol–water partition coefficient (Wildman–Crippen LogP) is 3.38. The molecule has 1 aliphatic heterocycles. The van der Waals surface area contributed by atoms with Crippen LogP contribution in [0.2, 0.25) is 0 Å². The third kappa shape index (κ3) is 4.45. The van der Waals surface area contributed by atoms with Crippen LogP contribution in [0.25, 0.3) is 0 Å². The highest BCUT2D eigenvalue weighted by Gasteiger charge is 2.34. The monoisotopic (exact) mass is 291 g/mol. The van der Waals surface area contributed by atoms with Crippen molar-refractivity contribution in [1.29, 1.82) is 0 Å². The molecule has 2 rings (SSSR count). The first-order valence-electron chi connectivity index (χ1n) is 8.18. The minimum Gasteiger partial charge on any atom is -0.494 e. The van der Waals surface area contributed by atoms with Gasteiger partial charge in [0.25, 0.3) is 0 Å². The summed E-state index contributed by atoms with van der Waals surface area (Å²) in [7, 11) is 0. The zero-order chi connectivity index (χ0) is 15.1. The largest absolute Gasteiger partial charge is 0.494 e. The third-order valence-corrected chi connectivity index (χ3v) is 4.24. The van der Waals surface area contributed by atoms with Crippen LogP contribution >= 0.6 is 0 Å². The van der Waals surface area contributed by atoms with Crippen molar-refractivity contribution in [2.24, 2.45) is 5.92 Å². The van der Waals surface area contributed by atoms with Gasteiger partial charge in [-0.15, -0.1) is 0 Å². The molecule has 0 spiro atoms. The Labute approximate surface area is 129 Å². The Bertz CT molecular complexity index is 408. The normalized spacial score (nSPS) is 17.9. The van der Waals surface area contributed by atoms with Crippen molar-refractivity contribution in [3.63, 3.8) is 0 Å². The first kappa shape index (κ1) is 16.3. The zero-order valence-electron chi connectivity index (χ0n) is 13.7. The zero-order valence-corrected chi connectivity index (χ0v) is 13.7. The SMILES string of the molecule is CCOc1ccc(C2(CNCC(C)C)CCOCC2)cc1. The molecule has 1 heterocycles. The van der Waals surface area contributed by atoms with Crippen molar-refractivity contribution in [2.75, 3.05) is 32.9 Å². The second kappa shape index (κ2) is 7.81. The Kier molecular flexibility index (Phi) is 6.07. The Morgan fingerprint density at radius 1 is 1.19 bits per heavy atom. The van der Waals surface area contributed by atoms with Crippen LogP contribution in [0.3, 0.4) is 0 Å². The van der Waals surface area contributed by atoms with E-state index in [9.17, 15) is 0 Å². The third-order valence-electron chi connectivity index (χ3n) is 4.24. The van der Waals surface area contributed by atoms with E-state index in [-0.39, 0.29) is 5.41 Å². The number of benzene rings is 1. The average Bonchev–Trinajstić information content (AvgIpc) is 2.49. The molecule has 1 aromatic carbocycles. The van der Waals surface area contributed by atoms with Crippen molar-refractivity contribution in [3.05, 3.63) is 29.8 Å². The van der Waals surface area contributed by atoms with Crippen LogP contribution in [-0.4, -0.2) is 32.9 Å². The van der Waals surface area contributed by atoms with Gasteiger partial charge in [0.05, 0.1) is 6.61 Å². The first-order chi connectivity index (χ1) is 10.2. The van der Waals surface area contributed by atoms with Crippen LogP contribution in [0.15, 0.2) is 24.3 Å². The maximum atomic E-state index is 5.58. The molecule has 1 aromatic rings. The van der Waals surface area contributed by atoms with Gasteiger partial charge in [0.15, 0.2) is 0 Å². The van der Waals surface area contributed by atoms with Crippen LogP contribution in [0.4, 0.5) is 0 Å². The molecule has 1 fully saturated rings. The lowest BCUT2D eigenvalue weighted by molar-refractivity contribution is 0.0497. The van der Waals surface area contributed by atoms with Gasteiger partial charge in [-0.3, -0.25) is 0 Å². The molecule has 1 saturated heterocycles. The van der Waals surface area contributed by atoms with Crippen molar-refractivity contribution in [2.45, 2.75) is 39.0 Å². The van der Waals surface area contributed by atoms with E-state index in [1.807, 2.05) is 6.92 Å². The molecule has 1 aliphatic rings. The minimum atomic E-state index is 0.206. The van der Waals surface area contributed by atoms with Gasteiger partial charge in [-0.05, 0) is 49.9 Å². The predicted molar refractivity (Wildman–Crippen MR) is 87.0 cm³/mol. The van der Waals surface area contributed by atoms with Gasteiger partial charge in [-0.2, -0.15) is 0 Å². The quantitative estimate of drug-likeness (QED) is 0.835. The number of hydrogen-bond acceptors (Lipinski definition) is 3. The number of rotatable bonds is 7. The summed E-state index contributed by atoms with van der Waals surface area (Å²) in [6.45, 7) is 11.0. The molecule has 0 aromatic heterocycles. The maximum absolute atomic E-state index is 5.58. The number of nitrogens with one attached hydrogen (secondary N) is 1. The molecule has 3 nitrogen and oxygen atoms in total. The fourth-order valence-corrected chi connectivity index (χ4v) is 3.00. The maximum Gasteiger partial charge on any atom is 0.119 e. The summed E-state index contributed by atoms with van der Waals surface area (Å²) in [6.07, 6.45) is 2.18. The summed E-state index contributed by atoms with van der Waals surface area (Å²) < 4.78 is 11.1. The van der Waals surface area contributed by atoms with Crippen LogP contribution in [0.5, 0.6) is 5.75 Å². The summed E-state index contributed by atoms with van der Waals surface area (Å²) in [5.74, 6) is 1.64. The fourth-order valence-electron chi connectivity index (χ4n) is 3.00. The van der Waals surface area contributed by atoms with E-state index in [2.05, 4.69) is 43.4 Å². The lowest BCUT2D eigenvalue weighted by Crippen LogP contribution is -2.43. The van der Waals surface area contributed by atoms with E-state index < -0.39 is 0 Å². The van der Waals surface area contributed by atoms with Gasteiger partial charge >= 0.3 is 0 Å². The molecule has 0 saturated carbocycles. The Morgan fingerprint density at radius 2 is 1.86 bits per heavy atom. The smallest absolute Gasteiger partial charge is 0.119 e. The van der Waals surface area contributed by atoms with Crippen molar-refractivity contribution >= 4 is 0 Å². The molecule has 0 bridgehead atoms. The standard InChI is InChI=1S/C18H29NO2/c1-4-21-17-7-5-16(6-8-17)18(9-11-20-12-10-18)14-19-13-15(2)3/h5-8,15,19H,4,9-14H2,1-3H3. The van der Waals surface area contributed by atoms with E-state index in [0.29, 0.717) is 12.5 Å². The van der Waals surface area contributed by atoms with Gasteiger partial charge in [0.1, 0.15) is 5.75 Å². The van der Waals surface area contributed by atoms with Crippen LogP contribution in [0.1, 0.15) is 39.2 Å². The molecule has 118 valence electrons. The van der Waals surface area contributed by atoms with Crippen LogP contribution in [-0.2, 0) is 10.2 Å². The molecule has 3 heteroatoms. The second-order valence-corrected chi connectivity index (χ2v) is 6.37. The van der Waals surface area contributed by atoms with Gasteiger partial charge in [-0.25, -0.2) is 0 Å². The lowest BCUT2D eigenvalue weighted by Gasteiger charge is -2.38. The van der Waals surface area contributed by atoms with Crippen molar-refractivity contribution in [1.82, 2.24) is 5.32 Å². The van der Waals surface area contributed by atoms with Crippen molar-refractivity contribution in [3.8, 4) is 5.75 Å². The topological polar surface area (TPSA) is 30.5 Å². The lowest BCUT2D eigenvalue weighted by atomic mass is 9.74. The highest BCUT2D eigenvalue weighted by Crippen LogP contribution is 2.35. The molecule has 0 amide bonds. The molecule has 21 heavy (non-hydrogen) atoms. The van der Waals surface area contributed by atoms with Gasteiger partial charge in [0, 0.05) is 25.2 Å². The fraction of sp³-hybridized carbons (Fsp3) is 0.667. The second-order valence-electron chi connectivity index (χ2n) is 6.37. The number of ether oxygens (including phenoxy) is 2. The Morgan fingerprint density at radius 3 is 2.43 bits per heavy atom. The average molecular weight is 291 g/mol. The van der Waals surface area contributed by atoms with E-state index in [1.54, 1.807) is 0 Å². The van der Waals surface area contributed by atoms with Gasteiger partial charge in [-0.1, -0.05) is 26.0 Å². The Balaban J connectivity index is 2.10. The Hall–Kier alpha value is -1.06. The molecule has 0 atom stereocenters. The molecular formula is C18H29NO2. The first-order valence-corrected chi connectivity index (χ1v) is 8.18.